The van der Waals surface area contributed by atoms with E-state index < -0.39 is 0 Å². The van der Waals surface area contributed by atoms with E-state index >= 15 is 0 Å². The number of nitrogens with one attached hydrogen (secondary N) is 2. The van der Waals surface area contributed by atoms with E-state index in [1.54, 1.807) is 30.3 Å². The van der Waals surface area contributed by atoms with Crippen LogP contribution >= 0.6 is 11.3 Å². The fourth-order valence-corrected chi connectivity index (χ4v) is 3.36. The van der Waals surface area contributed by atoms with Gasteiger partial charge in [-0.15, -0.1) is 11.3 Å². The third-order valence-corrected chi connectivity index (χ3v) is 4.87. The van der Waals surface area contributed by atoms with Crippen LogP contribution in [0.5, 0.6) is 0 Å². The molecule has 3 rings (SSSR count). The lowest BCUT2D eigenvalue weighted by Gasteiger charge is -2.11. The van der Waals surface area contributed by atoms with Gasteiger partial charge in [-0.1, -0.05) is 6.07 Å². The number of amides is 2. The molecule has 0 bridgehead atoms. The molecule has 23 heavy (non-hydrogen) atoms. The number of hydrogen-bond donors (Lipinski definition) is 3. The molecule has 1 aromatic carbocycles. The second-order valence-corrected chi connectivity index (χ2v) is 6.72. The fourth-order valence-electron chi connectivity index (χ4n) is 2.74. The number of carbonyl (C=O) groups excluding carboxylic acids is 2. The summed E-state index contributed by atoms with van der Waals surface area (Å²) in [5.74, 6) is -0.103. The van der Waals surface area contributed by atoms with E-state index in [0.29, 0.717) is 10.6 Å². The predicted molar refractivity (Wildman–Crippen MR) is 92.7 cm³/mol. The minimum atomic E-state index is -0.128. The summed E-state index contributed by atoms with van der Waals surface area (Å²) >= 11 is 1.40. The Morgan fingerprint density at radius 3 is 2.30 bits per heavy atom. The van der Waals surface area contributed by atoms with Gasteiger partial charge in [0.05, 0.1) is 4.88 Å². The number of anilines is 2. The van der Waals surface area contributed by atoms with Gasteiger partial charge in [0.1, 0.15) is 0 Å². The standard InChI is InChI=1S/C17H19N3O2S/c18-12-4-3-11(10-12)16(21)19-13-5-7-14(8-6-13)20-17(22)15-2-1-9-23-15/h1-2,5-9,11-12H,3-4,10,18H2,(H,19,21)(H,20,22). The van der Waals surface area contributed by atoms with Crippen molar-refractivity contribution >= 4 is 34.5 Å². The number of hydrogen-bond acceptors (Lipinski definition) is 4. The highest BCUT2D eigenvalue weighted by Gasteiger charge is 2.27. The van der Waals surface area contributed by atoms with Crippen LogP contribution in [-0.4, -0.2) is 17.9 Å². The van der Waals surface area contributed by atoms with Gasteiger partial charge in [0.25, 0.3) is 5.91 Å². The number of rotatable bonds is 4. The molecule has 1 aromatic heterocycles. The Hall–Kier alpha value is -2.18. The zero-order valence-corrected chi connectivity index (χ0v) is 13.4. The van der Waals surface area contributed by atoms with E-state index in [2.05, 4.69) is 10.6 Å². The number of carbonyl (C=O) groups is 2. The first-order valence-electron chi connectivity index (χ1n) is 7.63. The summed E-state index contributed by atoms with van der Waals surface area (Å²) in [7, 11) is 0. The normalized spacial score (nSPS) is 20.2. The van der Waals surface area contributed by atoms with Crippen LogP contribution in [0.3, 0.4) is 0 Å². The molecule has 2 amide bonds. The predicted octanol–water partition coefficient (Wildman–Crippen LogP) is 3.07. The molecular weight excluding hydrogens is 310 g/mol. The SMILES string of the molecule is NC1CCC(C(=O)Nc2ccc(NC(=O)c3cccs3)cc2)C1. The van der Waals surface area contributed by atoms with Gasteiger partial charge in [-0.25, -0.2) is 0 Å². The quantitative estimate of drug-likeness (QED) is 0.806. The van der Waals surface area contributed by atoms with Gasteiger partial charge in [-0.3, -0.25) is 9.59 Å². The Bertz CT molecular complexity index is 682. The highest BCUT2D eigenvalue weighted by atomic mass is 32.1. The molecule has 4 N–H and O–H groups in total. The van der Waals surface area contributed by atoms with Crippen LogP contribution in [-0.2, 0) is 4.79 Å². The number of benzene rings is 1. The van der Waals surface area contributed by atoms with Crippen LogP contribution in [0.15, 0.2) is 41.8 Å². The maximum Gasteiger partial charge on any atom is 0.265 e. The summed E-state index contributed by atoms with van der Waals surface area (Å²) in [4.78, 5) is 24.8. The second kappa shape index (κ2) is 6.93. The van der Waals surface area contributed by atoms with Gasteiger partial charge >= 0.3 is 0 Å². The Morgan fingerprint density at radius 1 is 1.04 bits per heavy atom. The Kier molecular flexibility index (Phi) is 4.73. The molecule has 2 unspecified atom stereocenters. The monoisotopic (exact) mass is 329 g/mol. The van der Waals surface area contributed by atoms with Crippen molar-refractivity contribution in [2.24, 2.45) is 11.7 Å². The van der Waals surface area contributed by atoms with Crippen molar-refractivity contribution in [1.82, 2.24) is 0 Å². The molecule has 1 saturated carbocycles. The minimum Gasteiger partial charge on any atom is -0.328 e. The molecule has 2 aromatic rings. The molecule has 1 heterocycles. The number of thiophene rings is 1. The largest absolute Gasteiger partial charge is 0.328 e. The first-order chi connectivity index (χ1) is 11.1. The van der Waals surface area contributed by atoms with Crippen LogP contribution in [0, 0.1) is 5.92 Å². The summed E-state index contributed by atoms with van der Waals surface area (Å²) in [6, 6.07) is 10.9. The lowest BCUT2D eigenvalue weighted by molar-refractivity contribution is -0.119. The molecule has 2 atom stereocenters. The van der Waals surface area contributed by atoms with Crippen molar-refractivity contribution in [2.45, 2.75) is 25.3 Å². The average molecular weight is 329 g/mol. The molecule has 120 valence electrons. The third-order valence-electron chi connectivity index (χ3n) is 4.00. The van der Waals surface area contributed by atoms with Crippen molar-refractivity contribution in [1.29, 1.82) is 0 Å². The zero-order chi connectivity index (χ0) is 16.2. The molecule has 1 aliphatic carbocycles. The zero-order valence-electron chi connectivity index (χ0n) is 12.6. The topological polar surface area (TPSA) is 84.2 Å². The van der Waals surface area contributed by atoms with E-state index in [-0.39, 0.29) is 23.8 Å². The van der Waals surface area contributed by atoms with Gasteiger partial charge in [-0.2, -0.15) is 0 Å². The first-order valence-corrected chi connectivity index (χ1v) is 8.51. The summed E-state index contributed by atoms with van der Waals surface area (Å²) in [6.07, 6.45) is 2.51. The summed E-state index contributed by atoms with van der Waals surface area (Å²) in [5, 5.41) is 7.60. The van der Waals surface area contributed by atoms with Crippen molar-refractivity contribution in [3.63, 3.8) is 0 Å². The Morgan fingerprint density at radius 2 is 1.74 bits per heavy atom. The highest BCUT2D eigenvalue weighted by Crippen LogP contribution is 2.25. The van der Waals surface area contributed by atoms with Crippen LogP contribution in [0.25, 0.3) is 0 Å². The molecule has 6 heteroatoms. The highest BCUT2D eigenvalue weighted by molar-refractivity contribution is 7.12. The van der Waals surface area contributed by atoms with Crippen LogP contribution in [0.4, 0.5) is 11.4 Å². The molecule has 0 spiro atoms. The average Bonchev–Trinajstić information content (AvgIpc) is 3.20. The molecular formula is C17H19N3O2S. The van der Waals surface area contributed by atoms with Crippen molar-refractivity contribution in [3.8, 4) is 0 Å². The van der Waals surface area contributed by atoms with Gasteiger partial charge in [-0.05, 0) is 55.0 Å². The maximum atomic E-state index is 12.1. The van der Waals surface area contributed by atoms with Crippen molar-refractivity contribution in [3.05, 3.63) is 46.7 Å². The third kappa shape index (κ3) is 3.97. The van der Waals surface area contributed by atoms with Crippen molar-refractivity contribution < 1.29 is 9.59 Å². The van der Waals surface area contributed by atoms with Crippen LogP contribution in [0.2, 0.25) is 0 Å². The van der Waals surface area contributed by atoms with E-state index in [1.165, 1.54) is 11.3 Å². The fraction of sp³-hybridized carbons (Fsp3) is 0.294. The van der Waals surface area contributed by atoms with Gasteiger partial charge in [0.15, 0.2) is 0 Å². The van der Waals surface area contributed by atoms with E-state index in [4.69, 9.17) is 5.73 Å². The molecule has 5 nitrogen and oxygen atoms in total. The minimum absolute atomic E-state index is 0.00297. The molecule has 1 fully saturated rings. The van der Waals surface area contributed by atoms with E-state index in [1.807, 2.05) is 11.4 Å². The van der Waals surface area contributed by atoms with E-state index in [0.717, 1.165) is 24.9 Å². The van der Waals surface area contributed by atoms with E-state index in [9.17, 15) is 9.59 Å². The van der Waals surface area contributed by atoms with Gasteiger partial charge in [0, 0.05) is 23.3 Å². The summed E-state index contributed by atoms with van der Waals surface area (Å²) < 4.78 is 0. The smallest absolute Gasteiger partial charge is 0.265 e. The Balaban J connectivity index is 1.57. The molecule has 1 aliphatic rings. The van der Waals surface area contributed by atoms with Crippen LogP contribution in [0.1, 0.15) is 28.9 Å². The maximum absolute atomic E-state index is 12.1. The summed E-state index contributed by atoms with van der Waals surface area (Å²) in [5.41, 5.74) is 7.27. The molecule has 0 saturated heterocycles. The Labute approximate surface area is 138 Å². The lowest BCUT2D eigenvalue weighted by Crippen LogP contribution is -2.23. The second-order valence-electron chi connectivity index (χ2n) is 5.77. The molecule has 0 radical (unpaired) electrons. The van der Waals surface area contributed by atoms with Gasteiger partial charge < -0.3 is 16.4 Å². The first kappa shape index (κ1) is 15.7. The number of nitrogens with two attached hydrogens (primary N) is 1. The lowest BCUT2D eigenvalue weighted by atomic mass is 10.1. The van der Waals surface area contributed by atoms with Gasteiger partial charge in [0.2, 0.25) is 5.91 Å². The van der Waals surface area contributed by atoms with Crippen molar-refractivity contribution in [2.75, 3.05) is 10.6 Å². The summed E-state index contributed by atoms with van der Waals surface area (Å²) in [6.45, 7) is 0. The molecule has 0 aliphatic heterocycles. The van der Waals surface area contributed by atoms with Crippen LogP contribution < -0.4 is 16.4 Å².